The standard InChI is InChI=1S/C25H27N3O2/c1-29-22-11-7-19(8-12-22)24-21(15-26)17-28(16-18-5-3-4-6-18)27-25(24)20-9-13-23(30-2)14-10-20/h7-14,17-18,27H,3-6,16H2,1-2H3. The zero-order valence-electron chi connectivity index (χ0n) is 17.5. The Kier molecular flexibility index (Phi) is 5.94. The molecule has 1 fully saturated rings. The maximum absolute atomic E-state index is 10.00. The molecule has 2 aliphatic rings. The molecule has 154 valence electrons. The van der Waals surface area contributed by atoms with Crippen LogP contribution in [-0.4, -0.2) is 25.8 Å². The Hall–Kier alpha value is -3.39. The number of allylic oxidation sites excluding steroid dienone is 2. The van der Waals surface area contributed by atoms with Crippen LogP contribution in [0.4, 0.5) is 0 Å². The highest BCUT2D eigenvalue weighted by atomic mass is 16.5. The van der Waals surface area contributed by atoms with Gasteiger partial charge in [-0.05, 0) is 60.7 Å². The summed E-state index contributed by atoms with van der Waals surface area (Å²) in [7, 11) is 3.32. The molecule has 4 rings (SSSR count). The van der Waals surface area contributed by atoms with E-state index in [0.717, 1.165) is 40.4 Å². The lowest BCUT2D eigenvalue weighted by Gasteiger charge is -2.33. The molecule has 1 aliphatic heterocycles. The Balaban J connectivity index is 1.76. The SMILES string of the molecule is COc1ccc(C2=C(c3ccc(OC)cc3)C(C#N)=CN(CC3CCCC3)N2)cc1. The van der Waals surface area contributed by atoms with Crippen LogP contribution in [0.5, 0.6) is 11.5 Å². The molecule has 2 aromatic carbocycles. The summed E-state index contributed by atoms with van der Waals surface area (Å²) in [5.74, 6) is 2.26. The van der Waals surface area contributed by atoms with Crippen molar-refractivity contribution >= 4 is 11.3 Å². The minimum atomic E-state index is 0.655. The second-order valence-corrected chi connectivity index (χ2v) is 7.78. The highest BCUT2D eigenvalue weighted by molar-refractivity contribution is 6.00. The highest BCUT2D eigenvalue weighted by Crippen LogP contribution is 2.36. The van der Waals surface area contributed by atoms with E-state index in [0.29, 0.717) is 11.5 Å². The van der Waals surface area contributed by atoms with Gasteiger partial charge in [0.05, 0.1) is 25.5 Å². The van der Waals surface area contributed by atoms with Crippen LogP contribution in [0.3, 0.4) is 0 Å². The minimum Gasteiger partial charge on any atom is -0.497 e. The molecule has 2 aromatic rings. The predicted octanol–water partition coefficient (Wildman–Crippen LogP) is 4.99. The van der Waals surface area contributed by atoms with E-state index in [1.165, 1.54) is 25.7 Å². The van der Waals surface area contributed by atoms with Gasteiger partial charge in [0, 0.05) is 23.9 Å². The molecule has 0 saturated heterocycles. The molecule has 0 atom stereocenters. The summed E-state index contributed by atoms with van der Waals surface area (Å²) in [4.78, 5) is 0. The van der Waals surface area contributed by atoms with Gasteiger partial charge in [0.25, 0.3) is 0 Å². The summed E-state index contributed by atoms with van der Waals surface area (Å²) in [6.45, 7) is 0.903. The van der Waals surface area contributed by atoms with E-state index in [-0.39, 0.29) is 0 Å². The topological polar surface area (TPSA) is 57.5 Å². The first-order valence-electron chi connectivity index (χ1n) is 10.4. The number of nitriles is 1. The fraction of sp³-hybridized carbons (Fsp3) is 0.320. The van der Waals surface area contributed by atoms with E-state index in [2.05, 4.69) is 16.5 Å². The van der Waals surface area contributed by atoms with Crippen molar-refractivity contribution in [3.63, 3.8) is 0 Å². The van der Waals surface area contributed by atoms with Crippen molar-refractivity contribution in [3.05, 3.63) is 71.4 Å². The number of methoxy groups -OCH3 is 2. The van der Waals surface area contributed by atoms with E-state index < -0.39 is 0 Å². The first-order valence-corrected chi connectivity index (χ1v) is 10.4. The van der Waals surface area contributed by atoms with Gasteiger partial charge in [0.15, 0.2) is 0 Å². The van der Waals surface area contributed by atoms with Crippen LogP contribution < -0.4 is 14.9 Å². The van der Waals surface area contributed by atoms with E-state index in [9.17, 15) is 5.26 Å². The molecular weight excluding hydrogens is 374 g/mol. The summed E-state index contributed by atoms with van der Waals surface area (Å²) >= 11 is 0. The van der Waals surface area contributed by atoms with Gasteiger partial charge in [0.2, 0.25) is 0 Å². The number of hydrogen-bond donors (Lipinski definition) is 1. The van der Waals surface area contributed by atoms with E-state index in [4.69, 9.17) is 9.47 Å². The summed E-state index contributed by atoms with van der Waals surface area (Å²) in [6, 6.07) is 18.2. The van der Waals surface area contributed by atoms with Gasteiger partial charge in [-0.1, -0.05) is 25.0 Å². The van der Waals surface area contributed by atoms with Crippen molar-refractivity contribution in [2.45, 2.75) is 25.7 Å². The molecule has 0 radical (unpaired) electrons. The van der Waals surface area contributed by atoms with Crippen LogP contribution in [0.15, 0.2) is 60.3 Å². The lowest BCUT2D eigenvalue weighted by atomic mass is 9.92. The van der Waals surface area contributed by atoms with Crippen molar-refractivity contribution in [1.82, 2.24) is 10.4 Å². The molecule has 1 N–H and O–H groups in total. The smallest absolute Gasteiger partial charge is 0.118 e. The lowest BCUT2D eigenvalue weighted by molar-refractivity contribution is 0.267. The second-order valence-electron chi connectivity index (χ2n) is 7.78. The zero-order chi connectivity index (χ0) is 20.9. The molecule has 0 unspecified atom stereocenters. The molecule has 1 saturated carbocycles. The van der Waals surface area contributed by atoms with Crippen molar-refractivity contribution in [1.29, 1.82) is 5.26 Å². The molecule has 0 aromatic heterocycles. The van der Waals surface area contributed by atoms with Gasteiger partial charge in [0.1, 0.15) is 17.6 Å². The Morgan fingerprint density at radius 2 is 1.50 bits per heavy atom. The van der Waals surface area contributed by atoms with Crippen molar-refractivity contribution in [2.75, 3.05) is 20.8 Å². The summed E-state index contributed by atoms with van der Waals surface area (Å²) in [6.07, 6.45) is 7.05. The van der Waals surface area contributed by atoms with E-state index in [1.54, 1.807) is 14.2 Å². The largest absolute Gasteiger partial charge is 0.497 e. The van der Waals surface area contributed by atoms with Gasteiger partial charge in [-0.2, -0.15) is 5.26 Å². The number of benzene rings is 2. The Labute approximate surface area is 178 Å². The van der Waals surface area contributed by atoms with Crippen LogP contribution in [0.25, 0.3) is 11.3 Å². The van der Waals surface area contributed by atoms with Crippen LogP contribution in [0.2, 0.25) is 0 Å². The number of nitrogens with one attached hydrogen (secondary N) is 1. The predicted molar refractivity (Wildman–Crippen MR) is 118 cm³/mol. The van der Waals surface area contributed by atoms with Crippen molar-refractivity contribution in [2.24, 2.45) is 5.92 Å². The van der Waals surface area contributed by atoms with E-state index in [1.807, 2.05) is 54.7 Å². The minimum absolute atomic E-state index is 0.655. The van der Waals surface area contributed by atoms with Crippen molar-refractivity contribution < 1.29 is 9.47 Å². The van der Waals surface area contributed by atoms with Crippen LogP contribution in [0, 0.1) is 17.2 Å². The summed E-state index contributed by atoms with van der Waals surface area (Å²) in [5.41, 5.74) is 8.06. The zero-order valence-corrected chi connectivity index (χ0v) is 17.5. The molecule has 0 spiro atoms. The molecule has 1 aliphatic carbocycles. The number of rotatable bonds is 6. The summed E-state index contributed by atoms with van der Waals surface area (Å²) in [5, 5.41) is 12.1. The average molecular weight is 402 g/mol. The second kappa shape index (κ2) is 8.96. The molecule has 30 heavy (non-hydrogen) atoms. The fourth-order valence-electron chi connectivity index (χ4n) is 4.27. The Bertz CT molecular complexity index is 979. The van der Waals surface area contributed by atoms with Crippen LogP contribution in [-0.2, 0) is 0 Å². The first kappa shape index (κ1) is 19.9. The van der Waals surface area contributed by atoms with Gasteiger partial charge >= 0.3 is 0 Å². The monoisotopic (exact) mass is 401 g/mol. The fourth-order valence-corrected chi connectivity index (χ4v) is 4.27. The molecule has 0 amide bonds. The van der Waals surface area contributed by atoms with Gasteiger partial charge in [-0.3, -0.25) is 10.4 Å². The van der Waals surface area contributed by atoms with Crippen molar-refractivity contribution in [3.8, 4) is 17.6 Å². The number of hydrogen-bond acceptors (Lipinski definition) is 5. The average Bonchev–Trinajstić information content (AvgIpc) is 3.31. The number of ether oxygens (including phenoxy) is 2. The Morgan fingerprint density at radius 1 is 0.933 bits per heavy atom. The Morgan fingerprint density at radius 3 is 2.03 bits per heavy atom. The third-order valence-corrected chi connectivity index (χ3v) is 5.87. The van der Waals surface area contributed by atoms with Crippen LogP contribution >= 0.6 is 0 Å². The third kappa shape index (κ3) is 4.13. The molecular formula is C25H27N3O2. The summed E-state index contributed by atoms with van der Waals surface area (Å²) < 4.78 is 10.6. The van der Waals surface area contributed by atoms with Gasteiger partial charge in [-0.15, -0.1) is 0 Å². The quantitative estimate of drug-likeness (QED) is 0.739. The molecule has 5 heteroatoms. The maximum atomic E-state index is 10.00. The molecule has 0 bridgehead atoms. The number of nitrogens with zero attached hydrogens (tertiary/aromatic N) is 2. The van der Waals surface area contributed by atoms with E-state index >= 15 is 0 Å². The van der Waals surface area contributed by atoms with Gasteiger partial charge < -0.3 is 9.47 Å². The highest BCUT2D eigenvalue weighted by Gasteiger charge is 2.25. The molecule has 5 nitrogen and oxygen atoms in total. The van der Waals surface area contributed by atoms with Crippen LogP contribution in [0.1, 0.15) is 36.8 Å². The normalized spacial score (nSPS) is 16.7. The van der Waals surface area contributed by atoms with Gasteiger partial charge in [-0.25, -0.2) is 0 Å². The molecule has 1 heterocycles. The number of hydrazine groups is 1. The first-order chi connectivity index (χ1) is 14.7. The lowest BCUT2D eigenvalue weighted by Crippen LogP contribution is -2.38. The maximum Gasteiger partial charge on any atom is 0.118 e. The third-order valence-electron chi connectivity index (χ3n) is 5.87.